The standard InChI is InChI=1S/C10H13BBrFO3/c1-2-3-6-16-8-5-4-7(12)9(10(8)13)11(14)15/h4-5,14-15H,2-3,6H2,1H3. The highest BCUT2D eigenvalue weighted by molar-refractivity contribution is 9.10. The molecule has 0 fully saturated rings. The molecule has 0 spiro atoms. The Kier molecular flexibility index (Phi) is 5.24. The maximum atomic E-state index is 13.7. The van der Waals surface area contributed by atoms with Gasteiger partial charge in [0, 0.05) is 9.94 Å². The van der Waals surface area contributed by atoms with Gasteiger partial charge >= 0.3 is 7.12 Å². The molecule has 1 rings (SSSR count). The Morgan fingerprint density at radius 3 is 2.69 bits per heavy atom. The maximum Gasteiger partial charge on any atom is 0.492 e. The Morgan fingerprint density at radius 1 is 1.44 bits per heavy atom. The Morgan fingerprint density at radius 2 is 2.12 bits per heavy atom. The summed E-state index contributed by atoms with van der Waals surface area (Å²) in [6.07, 6.45) is 1.78. The lowest BCUT2D eigenvalue weighted by atomic mass is 9.80. The molecule has 0 amide bonds. The van der Waals surface area contributed by atoms with E-state index in [4.69, 9.17) is 14.8 Å². The van der Waals surface area contributed by atoms with Gasteiger partial charge in [-0.25, -0.2) is 4.39 Å². The van der Waals surface area contributed by atoms with E-state index >= 15 is 0 Å². The van der Waals surface area contributed by atoms with Crippen molar-refractivity contribution in [2.24, 2.45) is 0 Å². The van der Waals surface area contributed by atoms with E-state index in [1.54, 1.807) is 0 Å². The number of hydrogen-bond acceptors (Lipinski definition) is 3. The molecule has 1 aromatic carbocycles. The largest absolute Gasteiger partial charge is 0.492 e. The predicted octanol–water partition coefficient (Wildman–Crippen LogP) is 1.45. The van der Waals surface area contributed by atoms with Crippen LogP contribution in [0.5, 0.6) is 5.75 Å². The lowest BCUT2D eigenvalue weighted by molar-refractivity contribution is 0.294. The number of hydrogen-bond donors (Lipinski definition) is 2. The van der Waals surface area contributed by atoms with Crippen molar-refractivity contribution in [2.75, 3.05) is 6.61 Å². The van der Waals surface area contributed by atoms with Crippen LogP contribution in [-0.2, 0) is 0 Å². The molecule has 0 aliphatic carbocycles. The summed E-state index contributed by atoms with van der Waals surface area (Å²) in [5, 5.41) is 18.0. The Labute approximate surface area is 103 Å². The van der Waals surface area contributed by atoms with Crippen molar-refractivity contribution in [3.05, 3.63) is 22.4 Å². The maximum absolute atomic E-state index is 13.7. The lowest BCUT2D eigenvalue weighted by Crippen LogP contribution is -2.34. The quantitative estimate of drug-likeness (QED) is 0.637. The van der Waals surface area contributed by atoms with Crippen LogP contribution in [0.2, 0.25) is 0 Å². The summed E-state index contributed by atoms with van der Waals surface area (Å²) in [4.78, 5) is 0. The minimum absolute atomic E-state index is 0.0414. The summed E-state index contributed by atoms with van der Waals surface area (Å²) in [5.74, 6) is -0.694. The lowest BCUT2D eigenvalue weighted by Gasteiger charge is -2.11. The molecule has 88 valence electrons. The number of unbranched alkanes of at least 4 members (excludes halogenated alkanes) is 1. The molecule has 0 unspecified atom stereocenters. The summed E-state index contributed by atoms with van der Waals surface area (Å²) >= 11 is 3.05. The average Bonchev–Trinajstić information content (AvgIpc) is 2.21. The molecular formula is C10H13BBrFO3. The van der Waals surface area contributed by atoms with E-state index in [9.17, 15) is 4.39 Å². The first-order chi connectivity index (χ1) is 7.57. The van der Waals surface area contributed by atoms with Gasteiger partial charge in [-0.15, -0.1) is 0 Å². The van der Waals surface area contributed by atoms with E-state index in [1.165, 1.54) is 12.1 Å². The van der Waals surface area contributed by atoms with Gasteiger partial charge < -0.3 is 14.8 Å². The fraction of sp³-hybridized carbons (Fsp3) is 0.400. The van der Waals surface area contributed by atoms with E-state index in [0.717, 1.165) is 12.8 Å². The minimum atomic E-state index is -1.86. The van der Waals surface area contributed by atoms with Gasteiger partial charge in [0.1, 0.15) is 0 Å². The first kappa shape index (κ1) is 13.5. The Balaban J connectivity index is 2.90. The van der Waals surface area contributed by atoms with Gasteiger partial charge in [0.2, 0.25) is 0 Å². The average molecular weight is 291 g/mol. The van der Waals surface area contributed by atoms with E-state index in [0.29, 0.717) is 11.1 Å². The molecule has 1 aromatic rings. The summed E-state index contributed by atoms with van der Waals surface area (Å²) in [5.41, 5.74) is -0.200. The Bertz CT molecular complexity index is 360. The molecule has 0 saturated heterocycles. The van der Waals surface area contributed by atoms with E-state index in [2.05, 4.69) is 15.9 Å². The van der Waals surface area contributed by atoms with Crippen molar-refractivity contribution in [2.45, 2.75) is 19.8 Å². The van der Waals surface area contributed by atoms with Crippen LogP contribution in [0.25, 0.3) is 0 Å². The zero-order valence-corrected chi connectivity index (χ0v) is 10.5. The van der Waals surface area contributed by atoms with Gasteiger partial charge in [-0.2, -0.15) is 0 Å². The zero-order valence-electron chi connectivity index (χ0n) is 8.91. The molecule has 0 heterocycles. The Hall–Kier alpha value is -0.585. The van der Waals surface area contributed by atoms with Crippen molar-refractivity contribution >= 4 is 28.5 Å². The van der Waals surface area contributed by atoms with Crippen LogP contribution >= 0.6 is 15.9 Å². The van der Waals surface area contributed by atoms with Crippen LogP contribution in [0.1, 0.15) is 19.8 Å². The number of rotatable bonds is 5. The zero-order chi connectivity index (χ0) is 12.1. The highest BCUT2D eigenvalue weighted by Gasteiger charge is 2.23. The van der Waals surface area contributed by atoms with Crippen molar-refractivity contribution in [3.63, 3.8) is 0 Å². The fourth-order valence-corrected chi connectivity index (χ4v) is 1.73. The summed E-state index contributed by atoms with van der Waals surface area (Å²) < 4.78 is 19.2. The normalized spacial score (nSPS) is 10.3. The molecule has 16 heavy (non-hydrogen) atoms. The van der Waals surface area contributed by atoms with E-state index in [1.807, 2.05) is 6.92 Å². The van der Waals surface area contributed by atoms with Gasteiger partial charge in [-0.3, -0.25) is 0 Å². The monoisotopic (exact) mass is 290 g/mol. The summed E-state index contributed by atoms with van der Waals surface area (Å²) in [6, 6.07) is 2.99. The number of halogens is 2. The van der Waals surface area contributed by atoms with Crippen LogP contribution < -0.4 is 10.2 Å². The topological polar surface area (TPSA) is 49.7 Å². The molecule has 6 heteroatoms. The number of benzene rings is 1. The van der Waals surface area contributed by atoms with Gasteiger partial charge in [0.15, 0.2) is 11.6 Å². The third kappa shape index (κ3) is 3.20. The summed E-state index contributed by atoms with van der Waals surface area (Å²) in [6.45, 7) is 2.42. The minimum Gasteiger partial charge on any atom is -0.491 e. The highest BCUT2D eigenvalue weighted by Crippen LogP contribution is 2.20. The first-order valence-corrected chi connectivity index (χ1v) is 5.84. The van der Waals surface area contributed by atoms with Crippen LogP contribution in [0.3, 0.4) is 0 Å². The van der Waals surface area contributed by atoms with Crippen molar-refractivity contribution in [1.82, 2.24) is 0 Å². The SMILES string of the molecule is CCCCOc1ccc(Br)c(B(O)O)c1F. The van der Waals surface area contributed by atoms with E-state index in [-0.39, 0.29) is 11.2 Å². The summed E-state index contributed by atoms with van der Waals surface area (Å²) in [7, 11) is -1.86. The van der Waals surface area contributed by atoms with Gasteiger partial charge in [0.25, 0.3) is 0 Å². The number of ether oxygens (including phenoxy) is 1. The van der Waals surface area contributed by atoms with Crippen LogP contribution in [-0.4, -0.2) is 23.8 Å². The first-order valence-electron chi connectivity index (χ1n) is 5.04. The van der Waals surface area contributed by atoms with Crippen molar-refractivity contribution < 1.29 is 19.2 Å². The van der Waals surface area contributed by atoms with Crippen LogP contribution in [0, 0.1) is 5.82 Å². The molecule has 2 N–H and O–H groups in total. The van der Waals surface area contributed by atoms with Crippen molar-refractivity contribution in [1.29, 1.82) is 0 Å². The van der Waals surface area contributed by atoms with Crippen LogP contribution in [0.15, 0.2) is 16.6 Å². The third-order valence-electron chi connectivity index (χ3n) is 2.10. The second-order valence-electron chi connectivity index (χ2n) is 3.35. The smallest absolute Gasteiger partial charge is 0.491 e. The van der Waals surface area contributed by atoms with Gasteiger partial charge in [0.05, 0.1) is 6.61 Å². The molecule has 0 aliphatic heterocycles. The van der Waals surface area contributed by atoms with Crippen molar-refractivity contribution in [3.8, 4) is 5.75 Å². The highest BCUT2D eigenvalue weighted by atomic mass is 79.9. The van der Waals surface area contributed by atoms with Crippen LogP contribution in [0.4, 0.5) is 4.39 Å². The van der Waals surface area contributed by atoms with E-state index < -0.39 is 12.9 Å². The fourth-order valence-electron chi connectivity index (χ4n) is 1.22. The molecule has 0 saturated carbocycles. The van der Waals surface area contributed by atoms with Gasteiger partial charge in [-0.05, 0) is 18.6 Å². The predicted molar refractivity (Wildman–Crippen MR) is 64.3 cm³/mol. The molecule has 0 aromatic heterocycles. The molecular weight excluding hydrogens is 278 g/mol. The molecule has 0 aliphatic rings. The molecule has 0 atom stereocenters. The molecule has 0 radical (unpaired) electrons. The molecule has 0 bridgehead atoms. The third-order valence-corrected chi connectivity index (χ3v) is 2.80. The second-order valence-corrected chi connectivity index (χ2v) is 4.20. The van der Waals surface area contributed by atoms with Gasteiger partial charge in [-0.1, -0.05) is 29.3 Å². The second kappa shape index (κ2) is 6.22. The molecule has 3 nitrogen and oxygen atoms in total.